The highest BCUT2D eigenvalue weighted by Gasteiger charge is 2.03. The summed E-state index contributed by atoms with van der Waals surface area (Å²) in [6.07, 6.45) is 1.80. The first-order chi connectivity index (χ1) is 13.2. The fraction of sp³-hybridized carbons (Fsp3) is 0.333. The van der Waals surface area contributed by atoms with Gasteiger partial charge in [0.15, 0.2) is 5.96 Å². The second-order valence-electron chi connectivity index (χ2n) is 6.51. The molecule has 0 atom stereocenters. The highest BCUT2D eigenvalue weighted by Crippen LogP contribution is 2.11. The number of fused-ring (bicyclic) bond motifs is 1. The predicted molar refractivity (Wildman–Crippen MR) is 124 cm³/mol. The molecule has 0 aliphatic rings. The van der Waals surface area contributed by atoms with Gasteiger partial charge in [0.1, 0.15) is 11.6 Å². The third-order valence-electron chi connectivity index (χ3n) is 4.32. The topological polar surface area (TPSA) is 65.1 Å². The molecular weight excluding hydrogens is 468 g/mol. The molecule has 0 spiro atoms. The molecule has 7 heteroatoms. The number of halogens is 2. The quantitative estimate of drug-likeness (QED) is 0.198. The van der Waals surface area contributed by atoms with Crippen molar-refractivity contribution in [3.05, 3.63) is 65.2 Å². The van der Waals surface area contributed by atoms with Gasteiger partial charge in [0.2, 0.25) is 0 Å². The molecule has 0 saturated heterocycles. The number of aromatic amines is 1. The lowest BCUT2D eigenvalue weighted by molar-refractivity contribution is 0.616. The average Bonchev–Trinajstić information content (AvgIpc) is 3.08. The summed E-state index contributed by atoms with van der Waals surface area (Å²) in [6, 6.07) is 13.3. The maximum atomic E-state index is 13.6. The van der Waals surface area contributed by atoms with E-state index >= 15 is 0 Å². The van der Waals surface area contributed by atoms with Crippen LogP contribution in [0.3, 0.4) is 0 Å². The van der Waals surface area contributed by atoms with Crippen LogP contribution < -0.4 is 10.6 Å². The number of nitrogens with one attached hydrogen (secondary N) is 3. The molecule has 28 heavy (non-hydrogen) atoms. The molecule has 3 rings (SSSR count). The summed E-state index contributed by atoms with van der Waals surface area (Å²) in [6.45, 7) is 5.78. The molecular formula is C21H27FIN5. The Morgan fingerprint density at radius 3 is 2.75 bits per heavy atom. The average molecular weight is 495 g/mol. The number of hydrogen-bond donors (Lipinski definition) is 3. The molecule has 0 saturated carbocycles. The zero-order chi connectivity index (χ0) is 19.1. The molecule has 150 valence electrons. The number of aliphatic imine (C=N–C) groups is 1. The fourth-order valence-electron chi connectivity index (χ4n) is 2.83. The van der Waals surface area contributed by atoms with Crippen molar-refractivity contribution in [2.24, 2.45) is 4.99 Å². The van der Waals surface area contributed by atoms with E-state index in [1.54, 1.807) is 19.1 Å². The van der Waals surface area contributed by atoms with Crippen LogP contribution in [0, 0.1) is 12.7 Å². The van der Waals surface area contributed by atoms with Gasteiger partial charge in [-0.3, -0.25) is 0 Å². The van der Waals surface area contributed by atoms with Gasteiger partial charge in [0.25, 0.3) is 0 Å². The monoisotopic (exact) mass is 495 g/mol. The van der Waals surface area contributed by atoms with Crippen molar-refractivity contribution in [1.29, 1.82) is 0 Å². The van der Waals surface area contributed by atoms with E-state index in [2.05, 4.69) is 25.6 Å². The second-order valence-corrected chi connectivity index (χ2v) is 6.51. The number of guanidine groups is 1. The third-order valence-corrected chi connectivity index (χ3v) is 4.32. The number of aryl methyl sites for hydroxylation is 2. The molecule has 0 amide bonds. The van der Waals surface area contributed by atoms with Crippen LogP contribution in [0.4, 0.5) is 4.39 Å². The summed E-state index contributed by atoms with van der Waals surface area (Å²) < 4.78 is 13.6. The molecule has 0 bridgehead atoms. The summed E-state index contributed by atoms with van der Waals surface area (Å²) in [4.78, 5) is 12.5. The first-order valence-electron chi connectivity index (χ1n) is 9.36. The minimum atomic E-state index is -0.188. The van der Waals surface area contributed by atoms with Crippen LogP contribution in [0.15, 0.2) is 47.5 Å². The zero-order valence-corrected chi connectivity index (χ0v) is 18.6. The van der Waals surface area contributed by atoms with Crippen molar-refractivity contribution in [3.8, 4) is 0 Å². The Bertz CT molecular complexity index is 889. The predicted octanol–water partition coefficient (Wildman–Crippen LogP) is 4.32. The number of nitrogens with zero attached hydrogens (tertiary/aromatic N) is 2. The van der Waals surface area contributed by atoms with E-state index in [1.165, 1.54) is 0 Å². The number of para-hydroxylation sites is 2. The van der Waals surface area contributed by atoms with E-state index in [0.717, 1.165) is 54.3 Å². The van der Waals surface area contributed by atoms with Crippen molar-refractivity contribution in [1.82, 2.24) is 20.6 Å². The summed E-state index contributed by atoms with van der Waals surface area (Å²) in [5, 5.41) is 6.55. The molecule has 3 N–H and O–H groups in total. The Labute approximate surface area is 182 Å². The molecule has 5 nitrogen and oxygen atoms in total. The SMILES string of the molecule is CCNC(=NCc1ccc(C)c(F)c1)NCCCc1nc2ccccc2[nH]1.I. The van der Waals surface area contributed by atoms with E-state index in [9.17, 15) is 4.39 Å². The van der Waals surface area contributed by atoms with Gasteiger partial charge < -0.3 is 15.6 Å². The Balaban J connectivity index is 0.00000280. The Morgan fingerprint density at radius 2 is 2.00 bits per heavy atom. The Kier molecular flexibility index (Phi) is 8.69. The van der Waals surface area contributed by atoms with Gasteiger partial charge in [-0.15, -0.1) is 24.0 Å². The van der Waals surface area contributed by atoms with Crippen LogP contribution >= 0.6 is 24.0 Å². The number of hydrogen-bond acceptors (Lipinski definition) is 2. The molecule has 3 aromatic rings. The lowest BCUT2D eigenvalue weighted by Crippen LogP contribution is -2.37. The van der Waals surface area contributed by atoms with E-state index in [-0.39, 0.29) is 29.8 Å². The van der Waals surface area contributed by atoms with E-state index < -0.39 is 0 Å². The summed E-state index contributed by atoms with van der Waals surface area (Å²) >= 11 is 0. The molecule has 0 aliphatic carbocycles. The van der Waals surface area contributed by atoms with Gasteiger partial charge in [-0.25, -0.2) is 14.4 Å². The van der Waals surface area contributed by atoms with Gasteiger partial charge in [0.05, 0.1) is 17.6 Å². The van der Waals surface area contributed by atoms with Crippen LogP contribution in [0.1, 0.15) is 30.3 Å². The molecule has 0 unspecified atom stereocenters. The van der Waals surface area contributed by atoms with Crippen molar-refractivity contribution in [3.63, 3.8) is 0 Å². The van der Waals surface area contributed by atoms with Gasteiger partial charge in [-0.05, 0) is 49.6 Å². The largest absolute Gasteiger partial charge is 0.357 e. The molecule has 0 aliphatic heterocycles. The number of rotatable bonds is 7. The van der Waals surface area contributed by atoms with E-state index in [1.807, 2.05) is 37.3 Å². The normalized spacial score (nSPS) is 11.3. The van der Waals surface area contributed by atoms with E-state index in [0.29, 0.717) is 12.1 Å². The molecule has 1 aromatic heterocycles. The highest BCUT2D eigenvalue weighted by atomic mass is 127. The minimum Gasteiger partial charge on any atom is -0.357 e. The summed E-state index contributed by atoms with van der Waals surface area (Å²) in [5.74, 6) is 1.55. The lowest BCUT2D eigenvalue weighted by Gasteiger charge is -2.11. The molecule has 2 aromatic carbocycles. The van der Waals surface area contributed by atoms with Crippen LogP contribution in [0.2, 0.25) is 0 Å². The van der Waals surface area contributed by atoms with Gasteiger partial charge >= 0.3 is 0 Å². The van der Waals surface area contributed by atoms with Crippen LogP contribution in [-0.4, -0.2) is 29.0 Å². The van der Waals surface area contributed by atoms with Crippen LogP contribution in [-0.2, 0) is 13.0 Å². The van der Waals surface area contributed by atoms with E-state index in [4.69, 9.17) is 0 Å². The van der Waals surface area contributed by atoms with Crippen molar-refractivity contribution < 1.29 is 4.39 Å². The Hall–Kier alpha value is -2.16. The van der Waals surface area contributed by atoms with Crippen LogP contribution in [0.5, 0.6) is 0 Å². The summed E-state index contributed by atoms with van der Waals surface area (Å²) in [5.41, 5.74) is 3.58. The fourth-order valence-corrected chi connectivity index (χ4v) is 2.83. The maximum Gasteiger partial charge on any atom is 0.191 e. The van der Waals surface area contributed by atoms with Gasteiger partial charge in [-0.2, -0.15) is 0 Å². The summed E-state index contributed by atoms with van der Waals surface area (Å²) in [7, 11) is 0. The van der Waals surface area contributed by atoms with Crippen LogP contribution in [0.25, 0.3) is 11.0 Å². The second kappa shape index (κ2) is 11.0. The van der Waals surface area contributed by atoms with Crippen molar-refractivity contribution >= 4 is 41.0 Å². The number of H-pyrrole nitrogens is 1. The van der Waals surface area contributed by atoms with Gasteiger partial charge in [-0.1, -0.05) is 24.3 Å². The molecule has 0 radical (unpaired) electrons. The Morgan fingerprint density at radius 1 is 1.18 bits per heavy atom. The van der Waals surface area contributed by atoms with Crippen molar-refractivity contribution in [2.45, 2.75) is 33.2 Å². The first kappa shape index (κ1) is 22.1. The molecule has 0 fully saturated rings. The van der Waals surface area contributed by atoms with Crippen molar-refractivity contribution in [2.75, 3.05) is 13.1 Å². The lowest BCUT2D eigenvalue weighted by atomic mass is 10.1. The maximum absolute atomic E-state index is 13.6. The smallest absolute Gasteiger partial charge is 0.191 e. The van der Waals surface area contributed by atoms with Gasteiger partial charge in [0, 0.05) is 19.5 Å². The zero-order valence-electron chi connectivity index (χ0n) is 16.3. The third kappa shape index (κ3) is 6.19. The number of benzene rings is 2. The standard InChI is InChI=1S/C21H26FN5.HI/c1-3-23-21(25-14-16-11-10-15(2)17(22)13-16)24-12-6-9-20-26-18-7-4-5-8-19(18)27-20;/h4-5,7-8,10-11,13H,3,6,9,12,14H2,1-2H3,(H,26,27)(H2,23,24,25);1H. The molecule has 1 heterocycles. The highest BCUT2D eigenvalue weighted by molar-refractivity contribution is 14.0. The first-order valence-corrected chi connectivity index (χ1v) is 9.36. The number of imidazole rings is 1. The minimum absolute atomic E-state index is 0. The number of aromatic nitrogens is 2.